The van der Waals surface area contributed by atoms with Crippen LogP contribution in [0.25, 0.3) is 0 Å². The molecule has 2 unspecified atom stereocenters. The number of rotatable bonds is 2. The van der Waals surface area contributed by atoms with Crippen LogP contribution in [0.15, 0.2) is 0 Å². The highest BCUT2D eigenvalue weighted by Gasteiger charge is 2.41. The van der Waals surface area contributed by atoms with Crippen molar-refractivity contribution in [2.24, 2.45) is 0 Å². The van der Waals surface area contributed by atoms with E-state index in [0.717, 1.165) is 38.1 Å². The van der Waals surface area contributed by atoms with Crippen LogP contribution in [0, 0.1) is 0 Å². The Balaban J connectivity index is 1.26. The fraction of sp³-hybridized carbons (Fsp3) is 1.00. The zero-order valence-corrected chi connectivity index (χ0v) is 12.5. The Labute approximate surface area is 122 Å². The van der Waals surface area contributed by atoms with Crippen molar-refractivity contribution in [1.29, 1.82) is 0 Å². The lowest BCUT2D eigenvalue weighted by Crippen LogP contribution is -2.50. The van der Waals surface area contributed by atoms with Gasteiger partial charge in [0.1, 0.15) is 0 Å². The molecule has 1 aliphatic carbocycles. The van der Waals surface area contributed by atoms with Crippen LogP contribution < -0.4 is 5.32 Å². The first kappa shape index (κ1) is 13.5. The Kier molecular flexibility index (Phi) is 3.75. The van der Waals surface area contributed by atoms with E-state index < -0.39 is 0 Å². The molecule has 3 heterocycles. The summed E-state index contributed by atoms with van der Waals surface area (Å²) in [4.78, 5) is 2.70. The van der Waals surface area contributed by atoms with Gasteiger partial charge in [-0.15, -0.1) is 0 Å². The second-order valence-corrected chi connectivity index (χ2v) is 7.10. The zero-order valence-electron chi connectivity index (χ0n) is 12.5. The smallest absolute Gasteiger partial charge is 0.168 e. The Morgan fingerprint density at radius 1 is 0.900 bits per heavy atom. The summed E-state index contributed by atoms with van der Waals surface area (Å²) in [5.74, 6) is -0.201. The van der Waals surface area contributed by atoms with Crippen LogP contribution in [0.2, 0.25) is 0 Å². The number of ether oxygens (including phenoxy) is 2. The van der Waals surface area contributed by atoms with Crippen molar-refractivity contribution in [3.63, 3.8) is 0 Å². The van der Waals surface area contributed by atoms with Gasteiger partial charge in [-0.1, -0.05) is 0 Å². The molecule has 0 radical (unpaired) electrons. The van der Waals surface area contributed by atoms with Crippen molar-refractivity contribution in [3.05, 3.63) is 0 Å². The van der Waals surface area contributed by atoms with Crippen LogP contribution in [0.1, 0.15) is 51.4 Å². The first-order valence-corrected chi connectivity index (χ1v) is 8.61. The standard InChI is InChI=1S/C16H28N2O2/c1-2-15-12-14(5-9-18(15)8-1)17-13-3-6-16(7-4-13)19-10-11-20-16/h13-15,17H,1-12H2. The van der Waals surface area contributed by atoms with Gasteiger partial charge in [-0.3, -0.25) is 0 Å². The van der Waals surface area contributed by atoms with Crippen molar-refractivity contribution < 1.29 is 9.47 Å². The highest BCUT2D eigenvalue weighted by atomic mass is 16.7. The van der Waals surface area contributed by atoms with Gasteiger partial charge in [0.15, 0.2) is 5.79 Å². The van der Waals surface area contributed by atoms with Gasteiger partial charge in [-0.05, 0) is 51.6 Å². The molecule has 2 atom stereocenters. The molecule has 4 rings (SSSR count). The van der Waals surface area contributed by atoms with Crippen molar-refractivity contribution >= 4 is 0 Å². The molecule has 1 saturated carbocycles. The molecule has 0 aromatic rings. The molecular formula is C16H28N2O2. The number of fused-ring (bicyclic) bond motifs is 1. The zero-order chi connectivity index (χ0) is 13.4. The van der Waals surface area contributed by atoms with Gasteiger partial charge >= 0.3 is 0 Å². The summed E-state index contributed by atoms with van der Waals surface area (Å²) < 4.78 is 11.6. The topological polar surface area (TPSA) is 33.7 Å². The summed E-state index contributed by atoms with van der Waals surface area (Å²) in [5, 5.41) is 3.94. The van der Waals surface area contributed by atoms with Gasteiger partial charge in [0.2, 0.25) is 0 Å². The fourth-order valence-corrected chi connectivity index (χ4v) is 4.72. The fourth-order valence-electron chi connectivity index (χ4n) is 4.72. The first-order chi connectivity index (χ1) is 9.83. The Bertz CT molecular complexity index is 333. The van der Waals surface area contributed by atoms with Gasteiger partial charge in [0.05, 0.1) is 13.2 Å². The average molecular weight is 280 g/mol. The third-order valence-corrected chi connectivity index (χ3v) is 5.85. The Morgan fingerprint density at radius 3 is 2.50 bits per heavy atom. The number of piperidine rings is 1. The molecule has 114 valence electrons. The van der Waals surface area contributed by atoms with E-state index in [9.17, 15) is 0 Å². The van der Waals surface area contributed by atoms with E-state index in [1.807, 2.05) is 0 Å². The average Bonchev–Trinajstić information content (AvgIpc) is 3.11. The number of hydrogen-bond acceptors (Lipinski definition) is 4. The maximum atomic E-state index is 5.82. The minimum absolute atomic E-state index is 0.201. The third kappa shape index (κ3) is 2.63. The van der Waals surface area contributed by atoms with E-state index in [-0.39, 0.29) is 5.79 Å². The van der Waals surface area contributed by atoms with Crippen LogP contribution in [-0.2, 0) is 9.47 Å². The number of nitrogens with one attached hydrogen (secondary N) is 1. The molecule has 4 nitrogen and oxygen atoms in total. The highest BCUT2D eigenvalue weighted by molar-refractivity contribution is 4.92. The van der Waals surface area contributed by atoms with Crippen LogP contribution in [-0.4, -0.2) is 55.1 Å². The van der Waals surface area contributed by atoms with Crippen molar-refractivity contribution in [2.45, 2.75) is 75.3 Å². The molecule has 4 fully saturated rings. The highest BCUT2D eigenvalue weighted by Crippen LogP contribution is 2.36. The normalized spacial score (nSPS) is 38.4. The third-order valence-electron chi connectivity index (χ3n) is 5.85. The Morgan fingerprint density at radius 2 is 1.70 bits per heavy atom. The molecule has 0 amide bonds. The monoisotopic (exact) mass is 280 g/mol. The first-order valence-electron chi connectivity index (χ1n) is 8.61. The van der Waals surface area contributed by atoms with E-state index in [1.54, 1.807) is 0 Å². The van der Waals surface area contributed by atoms with E-state index in [0.29, 0.717) is 6.04 Å². The SMILES string of the molecule is C1CC2CC(NC3CCC4(CC3)OCCO4)CCN2C1. The lowest BCUT2D eigenvalue weighted by molar-refractivity contribution is -0.179. The van der Waals surface area contributed by atoms with Crippen LogP contribution in [0.4, 0.5) is 0 Å². The summed E-state index contributed by atoms with van der Waals surface area (Å²) in [7, 11) is 0. The minimum Gasteiger partial charge on any atom is -0.348 e. The van der Waals surface area contributed by atoms with Gasteiger partial charge in [0, 0.05) is 31.0 Å². The van der Waals surface area contributed by atoms with Gasteiger partial charge in [-0.25, -0.2) is 0 Å². The summed E-state index contributed by atoms with van der Waals surface area (Å²) in [6.07, 6.45) is 10.1. The lowest BCUT2D eigenvalue weighted by atomic mass is 9.88. The van der Waals surface area contributed by atoms with Crippen LogP contribution in [0.3, 0.4) is 0 Å². The second kappa shape index (κ2) is 5.56. The van der Waals surface area contributed by atoms with E-state index in [4.69, 9.17) is 9.47 Å². The minimum atomic E-state index is -0.201. The summed E-state index contributed by atoms with van der Waals surface area (Å²) in [5.41, 5.74) is 0. The van der Waals surface area contributed by atoms with E-state index in [1.165, 1.54) is 51.6 Å². The lowest BCUT2D eigenvalue weighted by Gasteiger charge is -2.40. The maximum absolute atomic E-state index is 5.82. The maximum Gasteiger partial charge on any atom is 0.168 e. The van der Waals surface area contributed by atoms with Crippen LogP contribution >= 0.6 is 0 Å². The molecule has 1 spiro atoms. The molecule has 3 aliphatic heterocycles. The molecule has 3 saturated heterocycles. The van der Waals surface area contributed by atoms with Gasteiger partial charge in [0.25, 0.3) is 0 Å². The predicted octanol–water partition coefficient (Wildman–Crippen LogP) is 1.89. The summed E-state index contributed by atoms with van der Waals surface area (Å²) >= 11 is 0. The van der Waals surface area contributed by atoms with E-state index in [2.05, 4.69) is 10.2 Å². The molecule has 0 aromatic carbocycles. The largest absolute Gasteiger partial charge is 0.348 e. The molecule has 4 heteroatoms. The molecule has 0 aromatic heterocycles. The summed E-state index contributed by atoms with van der Waals surface area (Å²) in [6.45, 7) is 4.24. The van der Waals surface area contributed by atoms with Crippen molar-refractivity contribution in [2.75, 3.05) is 26.3 Å². The van der Waals surface area contributed by atoms with Gasteiger partial charge in [-0.2, -0.15) is 0 Å². The summed E-state index contributed by atoms with van der Waals surface area (Å²) in [6, 6.07) is 2.31. The second-order valence-electron chi connectivity index (χ2n) is 7.10. The number of hydrogen-bond donors (Lipinski definition) is 1. The van der Waals surface area contributed by atoms with E-state index >= 15 is 0 Å². The molecule has 4 aliphatic rings. The van der Waals surface area contributed by atoms with Crippen molar-refractivity contribution in [3.8, 4) is 0 Å². The molecule has 20 heavy (non-hydrogen) atoms. The molecule has 0 bridgehead atoms. The quantitative estimate of drug-likeness (QED) is 0.837. The Hall–Kier alpha value is -0.160. The van der Waals surface area contributed by atoms with Gasteiger partial charge < -0.3 is 19.7 Å². The number of nitrogens with zero attached hydrogens (tertiary/aromatic N) is 1. The predicted molar refractivity (Wildman–Crippen MR) is 77.6 cm³/mol. The molecule has 1 N–H and O–H groups in total. The van der Waals surface area contributed by atoms with Crippen molar-refractivity contribution in [1.82, 2.24) is 10.2 Å². The van der Waals surface area contributed by atoms with Crippen LogP contribution in [0.5, 0.6) is 0 Å². The molecular weight excluding hydrogens is 252 g/mol.